The van der Waals surface area contributed by atoms with E-state index in [0.29, 0.717) is 6.42 Å². The van der Waals surface area contributed by atoms with Gasteiger partial charge in [0.15, 0.2) is 0 Å². The number of hydrogen-bond donors (Lipinski definition) is 2. The van der Waals surface area contributed by atoms with Crippen LogP contribution in [0.1, 0.15) is 16.2 Å². The molecule has 0 fully saturated rings. The maximum Gasteiger partial charge on any atom is 1.00 e. The van der Waals surface area contributed by atoms with Crippen molar-refractivity contribution in [1.29, 1.82) is 0 Å². The Morgan fingerprint density at radius 2 is 2.11 bits per heavy atom. The van der Waals surface area contributed by atoms with Gasteiger partial charge in [0.25, 0.3) is 0 Å². The van der Waals surface area contributed by atoms with E-state index in [1.54, 1.807) is 6.08 Å². The van der Waals surface area contributed by atoms with Crippen LogP contribution in [0.25, 0.3) is 0 Å². The summed E-state index contributed by atoms with van der Waals surface area (Å²) in [4.78, 5) is 0. The molecule has 0 spiro atoms. The van der Waals surface area contributed by atoms with E-state index in [9.17, 15) is 0 Å². The smallest absolute Gasteiger partial charge is 1.00 e. The Balaban J connectivity index is -0.0000000300. The van der Waals surface area contributed by atoms with Gasteiger partial charge < -0.3 is 13.7 Å². The van der Waals surface area contributed by atoms with Crippen LogP contribution in [0.5, 0.6) is 0 Å². The summed E-state index contributed by atoms with van der Waals surface area (Å²) in [6.07, 6.45) is 2.02. The molecular weight excluding hydrogens is 136 g/mol. The molecule has 0 bridgehead atoms. The zero-order valence-electron chi connectivity index (χ0n) is 8.52. The molecule has 9 heavy (non-hydrogen) atoms. The summed E-state index contributed by atoms with van der Waals surface area (Å²) in [7, 11) is 0. The van der Waals surface area contributed by atoms with Crippen LogP contribution >= 0.6 is 0 Å². The van der Waals surface area contributed by atoms with Gasteiger partial charge in [0.2, 0.25) is 0 Å². The standard InChI is InChI=1S/C5H11NO.2Na.2H/c1-3-4-5(2,6)7;;;;/h3,7H,1,4,6H2,2H3;;;;/q;2*+1;2*-1. The van der Waals surface area contributed by atoms with Gasteiger partial charge in [0.05, 0.1) is 0 Å². The summed E-state index contributed by atoms with van der Waals surface area (Å²) in [6.45, 7) is 4.94. The third-order valence-electron chi connectivity index (χ3n) is 0.558. The fourth-order valence-corrected chi connectivity index (χ4v) is 0.292. The summed E-state index contributed by atoms with van der Waals surface area (Å²) < 4.78 is 0. The molecule has 4 heteroatoms. The van der Waals surface area contributed by atoms with Crippen molar-refractivity contribution in [3.63, 3.8) is 0 Å². The third kappa shape index (κ3) is 17.7. The molecule has 0 rings (SSSR count). The Bertz CT molecular complexity index is 77.4. The largest absolute Gasteiger partial charge is 1.00 e. The van der Waals surface area contributed by atoms with Crippen molar-refractivity contribution in [2.45, 2.75) is 19.1 Å². The zero-order valence-corrected chi connectivity index (χ0v) is 10.5. The van der Waals surface area contributed by atoms with Crippen molar-refractivity contribution >= 4 is 0 Å². The second-order valence-electron chi connectivity index (χ2n) is 1.85. The minimum absolute atomic E-state index is 0. The van der Waals surface area contributed by atoms with Crippen LogP contribution in [0.2, 0.25) is 0 Å². The first kappa shape index (κ1) is 17.0. The normalized spacial score (nSPS) is 14.1. The Kier molecular flexibility index (Phi) is 14.6. The Hall–Kier alpha value is 1.66. The Morgan fingerprint density at radius 1 is 1.78 bits per heavy atom. The first-order valence-corrected chi connectivity index (χ1v) is 2.18. The average Bonchev–Trinajstić information content (AvgIpc) is 1.30. The molecule has 0 aromatic carbocycles. The number of hydrogen-bond acceptors (Lipinski definition) is 2. The Labute approximate surface area is 103 Å². The fourth-order valence-electron chi connectivity index (χ4n) is 0.292. The van der Waals surface area contributed by atoms with Gasteiger partial charge in [-0.2, -0.15) is 0 Å². The van der Waals surface area contributed by atoms with E-state index in [1.165, 1.54) is 6.92 Å². The van der Waals surface area contributed by atoms with Crippen molar-refractivity contribution in [1.82, 2.24) is 0 Å². The maximum atomic E-state index is 8.72. The predicted molar refractivity (Wildman–Crippen MR) is 31.8 cm³/mol. The SMILES string of the molecule is C=CCC(C)(N)O.[H-].[H-].[Na+].[Na+]. The topological polar surface area (TPSA) is 46.2 Å². The summed E-state index contributed by atoms with van der Waals surface area (Å²) in [5.74, 6) is 0. The number of aliphatic hydroxyl groups is 1. The van der Waals surface area contributed by atoms with Gasteiger partial charge in [-0.15, -0.1) is 6.58 Å². The van der Waals surface area contributed by atoms with Gasteiger partial charge >= 0.3 is 59.1 Å². The molecule has 0 amide bonds. The van der Waals surface area contributed by atoms with Crippen LogP contribution in [-0.2, 0) is 0 Å². The summed E-state index contributed by atoms with van der Waals surface area (Å²) >= 11 is 0. The van der Waals surface area contributed by atoms with Gasteiger partial charge in [-0.3, -0.25) is 0 Å². The molecule has 46 valence electrons. The van der Waals surface area contributed by atoms with Crippen LogP contribution in [0.3, 0.4) is 0 Å². The second kappa shape index (κ2) is 7.76. The fraction of sp³-hybridized carbons (Fsp3) is 0.600. The van der Waals surface area contributed by atoms with Crippen molar-refractivity contribution in [3.8, 4) is 0 Å². The molecule has 0 saturated heterocycles. The van der Waals surface area contributed by atoms with E-state index >= 15 is 0 Å². The van der Waals surface area contributed by atoms with E-state index in [1.807, 2.05) is 0 Å². The molecule has 1 atom stereocenters. The van der Waals surface area contributed by atoms with Crippen molar-refractivity contribution in [3.05, 3.63) is 12.7 Å². The van der Waals surface area contributed by atoms with Crippen LogP contribution < -0.4 is 64.8 Å². The van der Waals surface area contributed by atoms with E-state index in [4.69, 9.17) is 10.8 Å². The molecular formula is C5H13NNa2O. The maximum absolute atomic E-state index is 8.72. The summed E-state index contributed by atoms with van der Waals surface area (Å²) in [5, 5.41) is 8.72. The number of nitrogens with two attached hydrogens (primary N) is 1. The van der Waals surface area contributed by atoms with Crippen molar-refractivity contribution in [2.24, 2.45) is 5.73 Å². The summed E-state index contributed by atoms with van der Waals surface area (Å²) in [5.41, 5.74) is 4.06. The molecule has 0 radical (unpaired) electrons. The van der Waals surface area contributed by atoms with E-state index in [2.05, 4.69) is 6.58 Å². The van der Waals surface area contributed by atoms with Crippen LogP contribution in [0, 0.1) is 0 Å². The molecule has 0 heterocycles. The zero-order chi connectivity index (χ0) is 5.91. The molecule has 0 aliphatic rings. The van der Waals surface area contributed by atoms with Gasteiger partial charge in [-0.1, -0.05) is 6.08 Å². The number of rotatable bonds is 2. The van der Waals surface area contributed by atoms with Gasteiger partial charge in [0, 0.05) is 6.42 Å². The van der Waals surface area contributed by atoms with Crippen LogP contribution in [-0.4, -0.2) is 10.8 Å². The molecule has 0 aromatic rings. The van der Waals surface area contributed by atoms with Crippen molar-refractivity contribution in [2.75, 3.05) is 0 Å². The molecule has 0 saturated carbocycles. The third-order valence-corrected chi connectivity index (χ3v) is 0.558. The van der Waals surface area contributed by atoms with Gasteiger partial charge in [-0.25, -0.2) is 0 Å². The summed E-state index contributed by atoms with van der Waals surface area (Å²) in [6, 6.07) is 0. The van der Waals surface area contributed by atoms with E-state index < -0.39 is 5.72 Å². The van der Waals surface area contributed by atoms with Crippen LogP contribution in [0.15, 0.2) is 12.7 Å². The van der Waals surface area contributed by atoms with E-state index in [-0.39, 0.29) is 62.0 Å². The quantitative estimate of drug-likeness (QED) is 0.234. The van der Waals surface area contributed by atoms with Crippen LogP contribution in [0.4, 0.5) is 0 Å². The molecule has 0 aliphatic heterocycles. The molecule has 1 unspecified atom stereocenters. The second-order valence-corrected chi connectivity index (χ2v) is 1.85. The molecule has 3 N–H and O–H groups in total. The minimum atomic E-state index is -1.07. The minimum Gasteiger partial charge on any atom is -1.00 e. The van der Waals surface area contributed by atoms with Crippen molar-refractivity contribution < 1.29 is 67.1 Å². The predicted octanol–water partition coefficient (Wildman–Crippen LogP) is -5.54. The first-order valence-electron chi connectivity index (χ1n) is 2.18. The monoisotopic (exact) mass is 149 g/mol. The average molecular weight is 149 g/mol. The van der Waals surface area contributed by atoms with E-state index in [0.717, 1.165) is 0 Å². The van der Waals surface area contributed by atoms with Gasteiger partial charge in [-0.05, 0) is 6.92 Å². The Morgan fingerprint density at radius 3 is 2.11 bits per heavy atom. The first-order chi connectivity index (χ1) is 3.06. The van der Waals surface area contributed by atoms with Gasteiger partial charge in [0.1, 0.15) is 5.72 Å². The molecule has 0 aromatic heterocycles. The molecule has 2 nitrogen and oxygen atoms in total. The molecule has 0 aliphatic carbocycles.